The molecule has 2 aliphatic heterocycles. The van der Waals surface area contributed by atoms with Gasteiger partial charge in [0.1, 0.15) is 5.75 Å². The van der Waals surface area contributed by atoms with Crippen LogP contribution in [-0.4, -0.2) is 50.8 Å². The summed E-state index contributed by atoms with van der Waals surface area (Å²) in [6.45, 7) is 3.92. The number of allylic oxidation sites excluding steroid dienone is 1. The molecule has 2 heterocycles. The maximum absolute atomic E-state index is 12.2. The van der Waals surface area contributed by atoms with Crippen LogP contribution in [0.2, 0.25) is 0 Å². The van der Waals surface area contributed by atoms with E-state index in [-0.39, 0.29) is 11.3 Å². The quantitative estimate of drug-likeness (QED) is 0.863. The molecule has 24 heavy (non-hydrogen) atoms. The van der Waals surface area contributed by atoms with Gasteiger partial charge in [0.15, 0.2) is 0 Å². The van der Waals surface area contributed by atoms with E-state index in [0.29, 0.717) is 6.54 Å². The van der Waals surface area contributed by atoms with Gasteiger partial charge in [-0.15, -0.1) is 0 Å². The molecule has 2 aliphatic rings. The lowest BCUT2D eigenvalue weighted by atomic mass is 9.76. The van der Waals surface area contributed by atoms with E-state index in [1.165, 1.54) is 0 Å². The maximum atomic E-state index is 12.2. The van der Waals surface area contributed by atoms with Crippen LogP contribution in [0.4, 0.5) is 5.69 Å². The predicted octanol–water partition coefficient (Wildman–Crippen LogP) is 2.69. The number of likely N-dealkylation sites (tertiary alicyclic amines) is 1. The molecule has 1 saturated heterocycles. The fourth-order valence-electron chi connectivity index (χ4n) is 3.42. The monoisotopic (exact) mass is 330 g/mol. The van der Waals surface area contributed by atoms with Crippen molar-refractivity contribution >= 4 is 11.6 Å². The molecular weight excluding hydrogens is 304 g/mol. The Balaban J connectivity index is 1.46. The third-order valence-electron chi connectivity index (χ3n) is 5.00. The molecule has 1 fully saturated rings. The van der Waals surface area contributed by atoms with Crippen LogP contribution in [0.5, 0.6) is 5.75 Å². The summed E-state index contributed by atoms with van der Waals surface area (Å²) in [5, 5.41) is 2.95. The van der Waals surface area contributed by atoms with Crippen LogP contribution >= 0.6 is 0 Å². The summed E-state index contributed by atoms with van der Waals surface area (Å²) in [6.07, 6.45) is 7.64. The molecule has 1 amide bonds. The van der Waals surface area contributed by atoms with Gasteiger partial charge in [0.2, 0.25) is 5.91 Å². The van der Waals surface area contributed by atoms with E-state index in [2.05, 4.69) is 22.4 Å². The third-order valence-corrected chi connectivity index (χ3v) is 5.00. The van der Waals surface area contributed by atoms with Gasteiger partial charge in [-0.25, -0.2) is 0 Å². The normalized spacial score (nSPS) is 20.5. The minimum atomic E-state index is 0.0353. The first-order valence-electron chi connectivity index (χ1n) is 8.58. The van der Waals surface area contributed by atoms with Gasteiger partial charge >= 0.3 is 0 Å². The Hall–Kier alpha value is -1.85. The van der Waals surface area contributed by atoms with E-state index in [1.54, 1.807) is 7.11 Å². The maximum Gasteiger partial charge on any atom is 0.238 e. The number of carbonyl (C=O) groups excluding carboxylic acids is 1. The van der Waals surface area contributed by atoms with Gasteiger partial charge in [-0.05, 0) is 62.0 Å². The number of ether oxygens (including phenoxy) is 2. The Bertz CT molecular complexity index is 575. The number of piperidine rings is 1. The highest BCUT2D eigenvalue weighted by Crippen LogP contribution is 2.36. The lowest BCUT2D eigenvalue weighted by molar-refractivity contribution is -0.118. The van der Waals surface area contributed by atoms with Crippen LogP contribution < -0.4 is 10.1 Å². The minimum Gasteiger partial charge on any atom is -0.497 e. The second-order valence-electron chi connectivity index (χ2n) is 6.74. The first-order chi connectivity index (χ1) is 11.7. The molecule has 0 unspecified atom stereocenters. The van der Waals surface area contributed by atoms with Gasteiger partial charge in [-0.3, -0.25) is 9.69 Å². The fraction of sp³-hybridized carbons (Fsp3) is 0.526. The third kappa shape index (κ3) is 4.36. The predicted molar refractivity (Wildman–Crippen MR) is 94.3 cm³/mol. The molecule has 1 aromatic carbocycles. The number of nitrogens with one attached hydrogen (secondary N) is 1. The van der Waals surface area contributed by atoms with Crippen LogP contribution in [0.1, 0.15) is 19.3 Å². The van der Waals surface area contributed by atoms with E-state index in [1.807, 2.05) is 24.3 Å². The summed E-state index contributed by atoms with van der Waals surface area (Å²) < 4.78 is 10.8. The van der Waals surface area contributed by atoms with Gasteiger partial charge in [0.05, 0.1) is 26.9 Å². The molecule has 0 atom stereocenters. The molecule has 130 valence electrons. The minimum absolute atomic E-state index is 0.0353. The van der Waals surface area contributed by atoms with Crippen molar-refractivity contribution < 1.29 is 14.3 Å². The summed E-state index contributed by atoms with van der Waals surface area (Å²) in [4.78, 5) is 14.5. The van der Waals surface area contributed by atoms with E-state index in [9.17, 15) is 4.79 Å². The van der Waals surface area contributed by atoms with Crippen LogP contribution in [0, 0.1) is 5.41 Å². The summed E-state index contributed by atoms with van der Waals surface area (Å²) in [6, 6.07) is 7.41. The van der Waals surface area contributed by atoms with Gasteiger partial charge in [-0.1, -0.05) is 12.2 Å². The molecule has 3 rings (SSSR count). The molecule has 1 N–H and O–H groups in total. The second kappa shape index (κ2) is 7.81. The Morgan fingerprint density at radius 3 is 2.71 bits per heavy atom. The zero-order valence-corrected chi connectivity index (χ0v) is 14.3. The van der Waals surface area contributed by atoms with Crippen LogP contribution in [0.15, 0.2) is 36.4 Å². The van der Waals surface area contributed by atoms with E-state index < -0.39 is 0 Å². The molecule has 0 aliphatic carbocycles. The number of anilines is 1. The number of carbonyl (C=O) groups is 1. The van der Waals surface area contributed by atoms with Crippen LogP contribution in [0.25, 0.3) is 0 Å². The SMILES string of the molecule is COc1ccc(NC(=O)CN2CCC3(CC=CCOC3)CC2)cc1. The Morgan fingerprint density at radius 2 is 2.00 bits per heavy atom. The molecule has 0 bridgehead atoms. The summed E-state index contributed by atoms with van der Waals surface area (Å²) in [5.41, 5.74) is 1.08. The molecule has 5 nitrogen and oxygen atoms in total. The van der Waals surface area contributed by atoms with Gasteiger partial charge in [0.25, 0.3) is 0 Å². The largest absolute Gasteiger partial charge is 0.497 e. The zero-order chi connectivity index (χ0) is 16.8. The van der Waals surface area contributed by atoms with Crippen molar-refractivity contribution in [3.63, 3.8) is 0 Å². The molecule has 0 aromatic heterocycles. The Labute approximate surface area is 143 Å². The molecule has 0 saturated carbocycles. The summed E-state index contributed by atoms with van der Waals surface area (Å²) in [7, 11) is 1.63. The van der Waals surface area contributed by atoms with E-state index in [4.69, 9.17) is 9.47 Å². The van der Waals surface area contributed by atoms with E-state index >= 15 is 0 Å². The van der Waals surface area contributed by atoms with Crippen molar-refractivity contribution in [1.82, 2.24) is 4.90 Å². The van der Waals surface area contributed by atoms with E-state index in [0.717, 1.165) is 57.0 Å². The lowest BCUT2D eigenvalue weighted by Crippen LogP contribution is -2.44. The standard InChI is InChI=1S/C19H26N2O3/c1-23-17-6-4-16(5-7-17)20-18(22)14-21-11-9-19(10-12-21)8-2-3-13-24-15-19/h2-7H,8-15H2,1H3,(H,20,22). The van der Waals surface area contributed by atoms with Crippen molar-refractivity contribution in [1.29, 1.82) is 0 Å². The Morgan fingerprint density at radius 1 is 1.25 bits per heavy atom. The highest BCUT2D eigenvalue weighted by Gasteiger charge is 2.34. The van der Waals surface area contributed by atoms with Crippen LogP contribution in [0.3, 0.4) is 0 Å². The lowest BCUT2D eigenvalue weighted by Gasteiger charge is -2.40. The average molecular weight is 330 g/mol. The number of nitrogens with zero attached hydrogens (tertiary/aromatic N) is 1. The first-order valence-corrected chi connectivity index (χ1v) is 8.58. The highest BCUT2D eigenvalue weighted by atomic mass is 16.5. The fourth-order valence-corrected chi connectivity index (χ4v) is 3.42. The summed E-state index contributed by atoms with van der Waals surface area (Å²) in [5.74, 6) is 0.821. The van der Waals surface area contributed by atoms with Crippen molar-refractivity contribution in [2.45, 2.75) is 19.3 Å². The second-order valence-corrected chi connectivity index (χ2v) is 6.74. The average Bonchev–Trinajstić information content (AvgIpc) is 2.83. The van der Waals surface area contributed by atoms with Crippen LogP contribution in [-0.2, 0) is 9.53 Å². The number of methoxy groups -OCH3 is 1. The van der Waals surface area contributed by atoms with Crippen molar-refractivity contribution in [2.24, 2.45) is 5.41 Å². The summed E-state index contributed by atoms with van der Waals surface area (Å²) >= 11 is 0. The molecule has 1 spiro atoms. The number of benzene rings is 1. The van der Waals surface area contributed by atoms with Gasteiger partial charge in [-0.2, -0.15) is 0 Å². The number of amides is 1. The highest BCUT2D eigenvalue weighted by molar-refractivity contribution is 5.92. The van der Waals surface area contributed by atoms with Crippen molar-refractivity contribution in [2.75, 3.05) is 45.3 Å². The molecular formula is C19H26N2O3. The van der Waals surface area contributed by atoms with Gasteiger partial charge in [0, 0.05) is 5.69 Å². The van der Waals surface area contributed by atoms with Crippen molar-refractivity contribution in [3.8, 4) is 5.75 Å². The smallest absolute Gasteiger partial charge is 0.238 e. The number of hydrogen-bond donors (Lipinski definition) is 1. The molecule has 5 heteroatoms. The molecule has 0 radical (unpaired) electrons. The topological polar surface area (TPSA) is 50.8 Å². The number of rotatable bonds is 4. The Kier molecular flexibility index (Phi) is 5.53. The molecule has 1 aromatic rings. The first kappa shape index (κ1) is 17.0. The zero-order valence-electron chi connectivity index (χ0n) is 14.3. The van der Waals surface area contributed by atoms with Gasteiger partial charge < -0.3 is 14.8 Å². The van der Waals surface area contributed by atoms with Crippen molar-refractivity contribution in [3.05, 3.63) is 36.4 Å². The number of hydrogen-bond acceptors (Lipinski definition) is 4.